The van der Waals surface area contributed by atoms with E-state index in [0.717, 1.165) is 0 Å². The molecule has 0 saturated heterocycles. The molecule has 3 heteroatoms. The largest absolute Gasteiger partial charge is 0.508 e. The maximum absolute atomic E-state index is 11.7. The van der Waals surface area contributed by atoms with Gasteiger partial charge >= 0.3 is 0 Å². The van der Waals surface area contributed by atoms with Crippen LogP contribution in [0, 0.1) is 6.92 Å². The molecule has 2 rings (SSSR count). The number of ketones is 2. The van der Waals surface area contributed by atoms with Gasteiger partial charge in [-0.15, -0.1) is 0 Å². The Morgan fingerprint density at radius 1 is 1.07 bits per heavy atom. The van der Waals surface area contributed by atoms with Crippen molar-refractivity contribution >= 4 is 11.6 Å². The second-order valence-electron chi connectivity index (χ2n) is 3.71. The van der Waals surface area contributed by atoms with Crippen molar-refractivity contribution in [2.45, 2.75) is 13.8 Å². The highest BCUT2D eigenvalue weighted by atomic mass is 16.3. The molecule has 1 aliphatic rings. The summed E-state index contributed by atoms with van der Waals surface area (Å²) in [6.07, 6.45) is 1.30. The smallest absolute Gasteiger partial charge is 0.189 e. The summed E-state index contributed by atoms with van der Waals surface area (Å²) >= 11 is 0. The first-order valence-corrected chi connectivity index (χ1v) is 4.61. The lowest BCUT2D eigenvalue weighted by Crippen LogP contribution is -2.15. The Bertz CT molecular complexity index is 510. The molecule has 0 fully saturated rings. The van der Waals surface area contributed by atoms with E-state index in [4.69, 9.17) is 0 Å². The fourth-order valence-electron chi connectivity index (χ4n) is 1.64. The Morgan fingerprint density at radius 3 is 2.40 bits per heavy atom. The van der Waals surface area contributed by atoms with Gasteiger partial charge in [0.1, 0.15) is 5.75 Å². The fourth-order valence-corrected chi connectivity index (χ4v) is 1.64. The molecule has 1 aromatic rings. The molecule has 1 aromatic carbocycles. The monoisotopic (exact) mass is 202 g/mol. The van der Waals surface area contributed by atoms with Gasteiger partial charge < -0.3 is 5.11 Å². The van der Waals surface area contributed by atoms with Crippen LogP contribution in [0.15, 0.2) is 23.8 Å². The summed E-state index contributed by atoms with van der Waals surface area (Å²) in [5.74, 6) is -0.326. The maximum Gasteiger partial charge on any atom is 0.189 e. The lowest BCUT2D eigenvalue weighted by Gasteiger charge is -2.13. The number of Topliss-reactive ketones (excluding diaryl/α,β-unsaturated/α-hetero) is 1. The Kier molecular flexibility index (Phi) is 1.96. The highest BCUT2D eigenvalue weighted by Gasteiger charge is 2.24. The van der Waals surface area contributed by atoms with Gasteiger partial charge in [0.05, 0.1) is 0 Å². The lowest BCUT2D eigenvalue weighted by atomic mass is 9.89. The van der Waals surface area contributed by atoms with Crippen LogP contribution in [0.2, 0.25) is 0 Å². The quantitative estimate of drug-likeness (QED) is 0.700. The predicted molar refractivity (Wildman–Crippen MR) is 55.3 cm³/mol. The normalized spacial score (nSPS) is 14.9. The van der Waals surface area contributed by atoms with Crippen LogP contribution in [0.1, 0.15) is 33.2 Å². The first-order chi connectivity index (χ1) is 7.00. The number of benzene rings is 1. The second kappa shape index (κ2) is 3.05. The molecule has 0 aromatic heterocycles. The summed E-state index contributed by atoms with van der Waals surface area (Å²) in [5, 5.41) is 9.46. The minimum Gasteiger partial charge on any atom is -0.508 e. The Labute approximate surface area is 87.0 Å². The summed E-state index contributed by atoms with van der Waals surface area (Å²) in [6, 6.07) is 2.91. The first-order valence-electron chi connectivity index (χ1n) is 4.61. The van der Waals surface area contributed by atoms with E-state index in [1.54, 1.807) is 19.9 Å². The van der Waals surface area contributed by atoms with Crippen molar-refractivity contribution in [3.8, 4) is 5.75 Å². The SMILES string of the molecule is CC1=CC(=O)c2cc(O)c(C)cc2C1=O. The van der Waals surface area contributed by atoms with Crippen molar-refractivity contribution in [3.05, 3.63) is 40.5 Å². The molecule has 3 nitrogen and oxygen atoms in total. The highest BCUT2D eigenvalue weighted by Crippen LogP contribution is 2.27. The van der Waals surface area contributed by atoms with Crippen LogP contribution in [0.25, 0.3) is 0 Å². The number of phenols is 1. The van der Waals surface area contributed by atoms with E-state index in [1.807, 2.05) is 0 Å². The number of rotatable bonds is 0. The number of aromatic hydroxyl groups is 1. The zero-order valence-electron chi connectivity index (χ0n) is 8.50. The molecule has 0 spiro atoms. The molecule has 15 heavy (non-hydrogen) atoms. The topological polar surface area (TPSA) is 54.4 Å². The van der Waals surface area contributed by atoms with Crippen molar-refractivity contribution < 1.29 is 14.7 Å². The summed E-state index contributed by atoms with van der Waals surface area (Å²) in [4.78, 5) is 23.3. The number of aryl methyl sites for hydroxylation is 1. The number of carbonyl (C=O) groups excluding carboxylic acids is 2. The standard InChI is InChI=1S/C12H10O3/c1-6-3-9-8(5-10(6)13)11(14)4-7(2)12(9)15/h3-5,13H,1-2H3. The number of phenolic OH excluding ortho intramolecular Hbond substituents is 1. The van der Waals surface area contributed by atoms with Crippen molar-refractivity contribution in [1.82, 2.24) is 0 Å². The molecule has 1 aliphatic carbocycles. The van der Waals surface area contributed by atoms with Gasteiger partial charge in [0.25, 0.3) is 0 Å². The number of carbonyl (C=O) groups is 2. The van der Waals surface area contributed by atoms with Crippen molar-refractivity contribution in [2.24, 2.45) is 0 Å². The van der Waals surface area contributed by atoms with Gasteiger partial charge in [-0.25, -0.2) is 0 Å². The van der Waals surface area contributed by atoms with Gasteiger partial charge in [0, 0.05) is 16.7 Å². The van der Waals surface area contributed by atoms with Crippen LogP contribution in [-0.4, -0.2) is 16.7 Å². The van der Waals surface area contributed by atoms with E-state index in [1.165, 1.54) is 12.1 Å². The number of hydrogen-bond donors (Lipinski definition) is 1. The predicted octanol–water partition coefficient (Wildman–Crippen LogP) is 2.03. The van der Waals surface area contributed by atoms with Crippen molar-refractivity contribution in [2.75, 3.05) is 0 Å². The molecule has 0 radical (unpaired) electrons. The summed E-state index contributed by atoms with van der Waals surface area (Å²) in [5.41, 5.74) is 1.71. The average molecular weight is 202 g/mol. The molecule has 0 atom stereocenters. The third kappa shape index (κ3) is 1.36. The average Bonchev–Trinajstić information content (AvgIpc) is 2.18. The third-order valence-corrected chi connectivity index (χ3v) is 2.55. The van der Waals surface area contributed by atoms with E-state index in [2.05, 4.69) is 0 Å². The Morgan fingerprint density at radius 2 is 1.73 bits per heavy atom. The molecule has 0 bridgehead atoms. The van der Waals surface area contributed by atoms with E-state index < -0.39 is 0 Å². The van der Waals surface area contributed by atoms with Gasteiger partial charge in [-0.1, -0.05) is 0 Å². The van der Waals surface area contributed by atoms with Gasteiger partial charge in [-0.2, -0.15) is 0 Å². The zero-order valence-corrected chi connectivity index (χ0v) is 8.50. The zero-order chi connectivity index (χ0) is 11.2. The highest BCUT2D eigenvalue weighted by molar-refractivity contribution is 6.24. The van der Waals surface area contributed by atoms with Gasteiger partial charge in [-0.05, 0) is 37.6 Å². The minimum absolute atomic E-state index is 0.0443. The van der Waals surface area contributed by atoms with Gasteiger partial charge in [0.15, 0.2) is 11.6 Å². The first kappa shape index (κ1) is 9.65. The van der Waals surface area contributed by atoms with Crippen LogP contribution >= 0.6 is 0 Å². The van der Waals surface area contributed by atoms with Gasteiger partial charge in [-0.3, -0.25) is 9.59 Å². The third-order valence-electron chi connectivity index (χ3n) is 2.55. The summed E-state index contributed by atoms with van der Waals surface area (Å²) < 4.78 is 0. The van der Waals surface area contributed by atoms with E-state index >= 15 is 0 Å². The van der Waals surface area contributed by atoms with Crippen molar-refractivity contribution in [3.63, 3.8) is 0 Å². The molecule has 76 valence electrons. The number of hydrogen-bond acceptors (Lipinski definition) is 3. The molecule has 0 heterocycles. The van der Waals surface area contributed by atoms with Crippen LogP contribution in [0.3, 0.4) is 0 Å². The molecule has 1 N–H and O–H groups in total. The van der Waals surface area contributed by atoms with Crippen LogP contribution in [-0.2, 0) is 0 Å². The van der Waals surface area contributed by atoms with E-state index in [-0.39, 0.29) is 22.9 Å². The Balaban J connectivity index is 2.73. The van der Waals surface area contributed by atoms with Crippen molar-refractivity contribution in [1.29, 1.82) is 0 Å². The van der Waals surface area contributed by atoms with Crippen LogP contribution in [0.5, 0.6) is 5.75 Å². The van der Waals surface area contributed by atoms with E-state index in [9.17, 15) is 14.7 Å². The molecule has 0 amide bonds. The van der Waals surface area contributed by atoms with Crippen LogP contribution < -0.4 is 0 Å². The summed E-state index contributed by atoms with van der Waals surface area (Å²) in [6.45, 7) is 3.31. The van der Waals surface area contributed by atoms with Gasteiger partial charge in [0.2, 0.25) is 0 Å². The Hall–Kier alpha value is -1.90. The fraction of sp³-hybridized carbons (Fsp3) is 0.167. The molecule has 0 aliphatic heterocycles. The van der Waals surface area contributed by atoms with E-state index in [0.29, 0.717) is 16.7 Å². The van der Waals surface area contributed by atoms with Crippen LogP contribution in [0.4, 0.5) is 0 Å². The number of fused-ring (bicyclic) bond motifs is 1. The molecular weight excluding hydrogens is 192 g/mol. The molecular formula is C12H10O3. The second-order valence-corrected chi connectivity index (χ2v) is 3.71. The lowest BCUT2D eigenvalue weighted by molar-refractivity contribution is 0.0984. The minimum atomic E-state index is -0.225. The molecule has 0 saturated carbocycles. The summed E-state index contributed by atoms with van der Waals surface area (Å²) in [7, 11) is 0. The number of allylic oxidation sites excluding steroid dienone is 2. The maximum atomic E-state index is 11.7. The molecule has 0 unspecified atom stereocenters.